The highest BCUT2D eigenvalue weighted by Crippen LogP contribution is 2.17. The van der Waals surface area contributed by atoms with Crippen molar-refractivity contribution < 1.29 is 9.53 Å². The summed E-state index contributed by atoms with van der Waals surface area (Å²) in [7, 11) is 1.89. The molecule has 2 atom stereocenters. The predicted octanol–water partition coefficient (Wildman–Crippen LogP) is 3.94. The van der Waals surface area contributed by atoms with Crippen LogP contribution in [0.1, 0.15) is 38.2 Å². The fourth-order valence-electron chi connectivity index (χ4n) is 2.92. The summed E-state index contributed by atoms with van der Waals surface area (Å²) < 4.78 is 5.72. The van der Waals surface area contributed by atoms with Crippen LogP contribution in [0, 0.1) is 5.92 Å². The summed E-state index contributed by atoms with van der Waals surface area (Å²) in [6.45, 7) is 3.63. The zero-order valence-electron chi connectivity index (χ0n) is 13.6. The second-order valence-electron chi connectivity index (χ2n) is 6.27. The first-order valence-corrected chi connectivity index (χ1v) is 8.55. The molecule has 4 heteroatoms. The lowest BCUT2D eigenvalue weighted by atomic mass is 9.99. The number of rotatable bonds is 6. The SMILES string of the molecule is CC(Cc1ccc(Cl)cc1)C(=O)N(C)CCC1CCCCO1. The molecule has 1 amide bonds. The fourth-order valence-corrected chi connectivity index (χ4v) is 3.05. The van der Waals surface area contributed by atoms with Gasteiger partial charge in [0, 0.05) is 31.1 Å². The van der Waals surface area contributed by atoms with Crippen molar-refractivity contribution in [3.63, 3.8) is 0 Å². The molecule has 2 rings (SSSR count). The Balaban J connectivity index is 1.77. The summed E-state index contributed by atoms with van der Waals surface area (Å²) >= 11 is 5.89. The zero-order chi connectivity index (χ0) is 15.9. The summed E-state index contributed by atoms with van der Waals surface area (Å²) in [4.78, 5) is 14.3. The van der Waals surface area contributed by atoms with Gasteiger partial charge in [0.25, 0.3) is 0 Å². The standard InChI is InChI=1S/C18H26ClNO2/c1-14(13-15-6-8-16(19)9-7-15)18(21)20(2)11-10-17-5-3-4-12-22-17/h6-9,14,17H,3-5,10-13H2,1-2H3. The van der Waals surface area contributed by atoms with Crippen LogP contribution in [0.5, 0.6) is 0 Å². The van der Waals surface area contributed by atoms with Crippen molar-refractivity contribution in [2.45, 2.75) is 45.1 Å². The lowest BCUT2D eigenvalue weighted by Gasteiger charge is -2.26. The van der Waals surface area contributed by atoms with Gasteiger partial charge in [0.15, 0.2) is 0 Å². The van der Waals surface area contributed by atoms with Crippen molar-refractivity contribution in [2.75, 3.05) is 20.2 Å². The third kappa shape index (κ3) is 5.29. The highest BCUT2D eigenvalue weighted by molar-refractivity contribution is 6.30. The van der Waals surface area contributed by atoms with Gasteiger partial charge >= 0.3 is 0 Å². The number of hydrogen-bond donors (Lipinski definition) is 0. The first-order valence-electron chi connectivity index (χ1n) is 8.17. The Labute approximate surface area is 138 Å². The van der Waals surface area contributed by atoms with Crippen molar-refractivity contribution in [1.82, 2.24) is 4.90 Å². The lowest BCUT2D eigenvalue weighted by Crippen LogP contribution is -2.35. The molecule has 0 N–H and O–H groups in total. The fraction of sp³-hybridized carbons (Fsp3) is 0.611. The average Bonchev–Trinajstić information content (AvgIpc) is 2.55. The highest BCUT2D eigenvalue weighted by Gasteiger charge is 2.20. The number of benzene rings is 1. The smallest absolute Gasteiger partial charge is 0.225 e. The Morgan fingerprint density at radius 2 is 2.09 bits per heavy atom. The summed E-state index contributed by atoms with van der Waals surface area (Å²) in [6, 6.07) is 7.72. The van der Waals surface area contributed by atoms with E-state index in [1.165, 1.54) is 12.8 Å². The minimum atomic E-state index is -0.0153. The van der Waals surface area contributed by atoms with Crippen molar-refractivity contribution in [3.8, 4) is 0 Å². The molecule has 22 heavy (non-hydrogen) atoms. The maximum absolute atomic E-state index is 12.4. The predicted molar refractivity (Wildman–Crippen MR) is 90.2 cm³/mol. The Morgan fingerprint density at radius 3 is 2.73 bits per heavy atom. The molecule has 1 saturated heterocycles. The summed E-state index contributed by atoms with van der Waals surface area (Å²) in [5.41, 5.74) is 1.15. The van der Waals surface area contributed by atoms with Crippen LogP contribution in [0.25, 0.3) is 0 Å². The second kappa shape index (κ2) is 8.54. The molecule has 1 aliphatic rings. The first-order chi connectivity index (χ1) is 10.6. The Morgan fingerprint density at radius 1 is 1.36 bits per heavy atom. The van der Waals surface area contributed by atoms with Gasteiger partial charge in [0.1, 0.15) is 0 Å². The van der Waals surface area contributed by atoms with E-state index in [2.05, 4.69) is 0 Å². The van der Waals surface area contributed by atoms with E-state index < -0.39 is 0 Å². The number of halogens is 1. The number of hydrogen-bond acceptors (Lipinski definition) is 2. The van der Waals surface area contributed by atoms with E-state index >= 15 is 0 Å². The largest absolute Gasteiger partial charge is 0.378 e. The Hall–Kier alpha value is -1.06. The third-order valence-electron chi connectivity index (χ3n) is 4.31. The molecule has 0 radical (unpaired) electrons. The first kappa shape index (κ1) is 17.3. The molecule has 0 aliphatic carbocycles. The number of carbonyl (C=O) groups excluding carboxylic acids is 1. The van der Waals surface area contributed by atoms with Gasteiger partial charge in [-0.25, -0.2) is 0 Å². The quantitative estimate of drug-likeness (QED) is 0.793. The van der Waals surface area contributed by atoms with E-state index in [0.717, 1.165) is 43.0 Å². The van der Waals surface area contributed by atoms with Crippen LogP contribution in [0.3, 0.4) is 0 Å². The molecule has 1 heterocycles. The molecule has 3 nitrogen and oxygen atoms in total. The molecular weight excluding hydrogens is 298 g/mol. The molecule has 1 aromatic carbocycles. The lowest BCUT2D eigenvalue weighted by molar-refractivity contribution is -0.134. The third-order valence-corrected chi connectivity index (χ3v) is 4.57. The van der Waals surface area contributed by atoms with E-state index in [0.29, 0.717) is 6.10 Å². The summed E-state index contributed by atoms with van der Waals surface area (Å²) in [6.07, 6.45) is 5.56. The van der Waals surface area contributed by atoms with Crippen LogP contribution in [-0.4, -0.2) is 37.1 Å². The minimum Gasteiger partial charge on any atom is -0.378 e. The number of carbonyl (C=O) groups is 1. The van der Waals surface area contributed by atoms with E-state index in [-0.39, 0.29) is 11.8 Å². The number of ether oxygens (including phenoxy) is 1. The van der Waals surface area contributed by atoms with Gasteiger partial charge in [-0.2, -0.15) is 0 Å². The maximum Gasteiger partial charge on any atom is 0.225 e. The van der Waals surface area contributed by atoms with Gasteiger partial charge in [-0.05, 0) is 49.8 Å². The molecule has 1 aromatic rings. The van der Waals surface area contributed by atoms with E-state index in [4.69, 9.17) is 16.3 Å². The van der Waals surface area contributed by atoms with Gasteiger partial charge in [0.05, 0.1) is 6.10 Å². The van der Waals surface area contributed by atoms with Crippen molar-refractivity contribution in [3.05, 3.63) is 34.9 Å². The van der Waals surface area contributed by atoms with E-state index in [1.807, 2.05) is 43.1 Å². The second-order valence-corrected chi connectivity index (χ2v) is 6.71. The van der Waals surface area contributed by atoms with Gasteiger partial charge < -0.3 is 9.64 Å². The number of amides is 1. The molecule has 1 fully saturated rings. The molecule has 122 valence electrons. The highest BCUT2D eigenvalue weighted by atomic mass is 35.5. The summed E-state index contributed by atoms with van der Waals surface area (Å²) in [5, 5.41) is 0.729. The van der Waals surface area contributed by atoms with Crippen LogP contribution in [0.4, 0.5) is 0 Å². The van der Waals surface area contributed by atoms with Crippen molar-refractivity contribution >= 4 is 17.5 Å². The zero-order valence-corrected chi connectivity index (χ0v) is 14.3. The van der Waals surface area contributed by atoms with Crippen LogP contribution >= 0.6 is 11.6 Å². The van der Waals surface area contributed by atoms with Gasteiger partial charge in [0.2, 0.25) is 5.91 Å². The van der Waals surface area contributed by atoms with Gasteiger partial charge in [-0.15, -0.1) is 0 Å². The van der Waals surface area contributed by atoms with Gasteiger partial charge in [-0.3, -0.25) is 4.79 Å². The van der Waals surface area contributed by atoms with Crippen LogP contribution in [0.15, 0.2) is 24.3 Å². The molecule has 0 bridgehead atoms. The van der Waals surface area contributed by atoms with Crippen molar-refractivity contribution in [1.29, 1.82) is 0 Å². The molecule has 0 spiro atoms. The van der Waals surface area contributed by atoms with Gasteiger partial charge in [-0.1, -0.05) is 30.7 Å². The van der Waals surface area contributed by atoms with E-state index in [1.54, 1.807) is 0 Å². The minimum absolute atomic E-state index is 0.0153. The van der Waals surface area contributed by atoms with Crippen molar-refractivity contribution in [2.24, 2.45) is 5.92 Å². The Kier molecular flexibility index (Phi) is 6.71. The molecule has 0 saturated carbocycles. The molecule has 1 aliphatic heterocycles. The molecular formula is C18H26ClNO2. The average molecular weight is 324 g/mol. The normalized spacial score (nSPS) is 19.7. The molecule has 2 unspecified atom stereocenters. The van der Waals surface area contributed by atoms with Crippen LogP contribution in [-0.2, 0) is 16.0 Å². The maximum atomic E-state index is 12.4. The molecule has 0 aromatic heterocycles. The van der Waals surface area contributed by atoms with Crippen LogP contribution in [0.2, 0.25) is 5.02 Å². The van der Waals surface area contributed by atoms with E-state index in [9.17, 15) is 4.79 Å². The number of nitrogens with zero attached hydrogens (tertiary/aromatic N) is 1. The monoisotopic (exact) mass is 323 g/mol. The summed E-state index contributed by atoms with van der Waals surface area (Å²) in [5.74, 6) is 0.184. The van der Waals surface area contributed by atoms with Crippen LogP contribution < -0.4 is 0 Å². The topological polar surface area (TPSA) is 29.5 Å². The Bertz CT molecular complexity index is 468.